The molecule has 0 atom stereocenters. The normalized spacial score (nSPS) is 11.5. The Balaban J connectivity index is 2.02. The van der Waals surface area contributed by atoms with Gasteiger partial charge in [-0.05, 0) is 41.3 Å². The minimum atomic E-state index is -4.46. The minimum Gasteiger partial charge on any atom is -0.311 e. The van der Waals surface area contributed by atoms with Crippen LogP contribution in [0.5, 0.6) is 0 Å². The summed E-state index contributed by atoms with van der Waals surface area (Å²) in [7, 11) is 0. The fourth-order valence-corrected chi connectivity index (χ4v) is 2.65. The van der Waals surface area contributed by atoms with E-state index in [1.165, 1.54) is 40.5 Å². The van der Waals surface area contributed by atoms with Crippen molar-refractivity contribution in [3.8, 4) is 0 Å². The van der Waals surface area contributed by atoms with Crippen molar-refractivity contribution in [2.75, 3.05) is 0 Å². The summed E-state index contributed by atoms with van der Waals surface area (Å²) in [5.41, 5.74) is 0.664. The molecule has 0 aliphatic carbocycles. The highest BCUT2D eigenvalue weighted by atomic mass is 19.4. The van der Waals surface area contributed by atoms with Crippen LogP contribution in [-0.2, 0) is 12.7 Å². The second-order valence-corrected chi connectivity index (χ2v) is 5.69. The molecule has 0 aliphatic heterocycles. The summed E-state index contributed by atoms with van der Waals surface area (Å²) < 4.78 is 39.7. The molecule has 2 N–H and O–H groups in total. The molecular weight excluding hydrogens is 349 g/mol. The van der Waals surface area contributed by atoms with E-state index in [4.69, 9.17) is 5.21 Å². The van der Waals surface area contributed by atoms with Crippen LogP contribution in [0.1, 0.15) is 21.5 Å². The average molecular weight is 362 g/mol. The van der Waals surface area contributed by atoms with Gasteiger partial charge >= 0.3 is 6.18 Å². The third kappa shape index (κ3) is 3.45. The lowest BCUT2D eigenvalue weighted by Crippen LogP contribution is -2.22. The van der Waals surface area contributed by atoms with Crippen LogP contribution in [0.25, 0.3) is 10.8 Å². The van der Waals surface area contributed by atoms with Crippen LogP contribution in [0.15, 0.2) is 59.5 Å². The highest BCUT2D eigenvalue weighted by Crippen LogP contribution is 2.29. The first-order chi connectivity index (χ1) is 12.3. The number of aromatic nitrogens is 1. The third-order valence-corrected chi connectivity index (χ3v) is 3.95. The number of carbonyl (C=O) groups excluding carboxylic acids is 1. The van der Waals surface area contributed by atoms with Crippen molar-refractivity contribution in [2.24, 2.45) is 0 Å². The number of carbonyl (C=O) groups is 1. The lowest BCUT2D eigenvalue weighted by atomic mass is 10.1. The van der Waals surface area contributed by atoms with E-state index in [1.807, 2.05) is 0 Å². The van der Waals surface area contributed by atoms with Gasteiger partial charge in [0.25, 0.3) is 11.5 Å². The number of fused-ring (bicyclic) bond motifs is 1. The Morgan fingerprint density at radius 2 is 1.88 bits per heavy atom. The summed E-state index contributed by atoms with van der Waals surface area (Å²) in [5.74, 6) is -0.764. The molecule has 3 rings (SSSR count). The number of amides is 1. The molecule has 1 aromatic heterocycles. The molecule has 0 saturated heterocycles. The summed E-state index contributed by atoms with van der Waals surface area (Å²) in [5, 5.41) is 9.49. The molecule has 0 aliphatic rings. The van der Waals surface area contributed by atoms with E-state index in [-0.39, 0.29) is 17.5 Å². The number of alkyl halides is 3. The van der Waals surface area contributed by atoms with Crippen molar-refractivity contribution in [1.82, 2.24) is 10.0 Å². The van der Waals surface area contributed by atoms with Crippen LogP contribution in [0.2, 0.25) is 0 Å². The maximum atomic E-state index is 12.8. The Hall–Kier alpha value is -3.13. The van der Waals surface area contributed by atoms with Crippen molar-refractivity contribution in [1.29, 1.82) is 0 Å². The van der Waals surface area contributed by atoms with Gasteiger partial charge in [0.15, 0.2) is 0 Å². The quantitative estimate of drug-likeness (QED) is 0.555. The van der Waals surface area contributed by atoms with Gasteiger partial charge in [0, 0.05) is 17.1 Å². The van der Waals surface area contributed by atoms with Crippen LogP contribution in [-0.4, -0.2) is 15.7 Å². The van der Waals surface area contributed by atoms with Gasteiger partial charge in [-0.2, -0.15) is 13.2 Å². The number of nitrogens with zero attached hydrogens (tertiary/aromatic N) is 1. The summed E-state index contributed by atoms with van der Waals surface area (Å²) in [6, 6.07) is 10.7. The Morgan fingerprint density at radius 3 is 2.58 bits per heavy atom. The number of nitrogens with one attached hydrogen (secondary N) is 1. The van der Waals surface area contributed by atoms with Gasteiger partial charge in [0.05, 0.1) is 12.1 Å². The van der Waals surface area contributed by atoms with E-state index < -0.39 is 23.2 Å². The molecule has 8 heteroatoms. The summed E-state index contributed by atoms with van der Waals surface area (Å²) in [6.45, 7) is -0.0465. The van der Waals surface area contributed by atoms with Crippen LogP contribution in [0.4, 0.5) is 13.2 Å². The van der Waals surface area contributed by atoms with Crippen molar-refractivity contribution in [2.45, 2.75) is 12.7 Å². The number of pyridine rings is 1. The van der Waals surface area contributed by atoms with Gasteiger partial charge in [0.2, 0.25) is 0 Å². The molecule has 0 unspecified atom stereocenters. The van der Waals surface area contributed by atoms with E-state index >= 15 is 0 Å². The molecule has 0 fully saturated rings. The Bertz CT molecular complexity index is 1040. The first kappa shape index (κ1) is 17.7. The van der Waals surface area contributed by atoms with Crippen LogP contribution >= 0.6 is 0 Å². The van der Waals surface area contributed by atoms with Gasteiger partial charge in [-0.1, -0.05) is 18.2 Å². The van der Waals surface area contributed by atoms with Crippen LogP contribution in [0.3, 0.4) is 0 Å². The fraction of sp³-hybridized carbons (Fsp3) is 0.111. The Labute approximate surface area is 145 Å². The summed E-state index contributed by atoms with van der Waals surface area (Å²) >= 11 is 0. The van der Waals surface area contributed by atoms with E-state index in [2.05, 4.69) is 0 Å². The van der Waals surface area contributed by atoms with Crippen molar-refractivity contribution in [3.05, 3.63) is 81.8 Å². The van der Waals surface area contributed by atoms with Gasteiger partial charge in [-0.3, -0.25) is 14.8 Å². The molecule has 134 valence electrons. The van der Waals surface area contributed by atoms with Crippen molar-refractivity contribution < 1.29 is 23.2 Å². The SMILES string of the molecule is O=C(NO)c1ccc2ccn(Cc3cccc(C(F)(F)F)c3)c(=O)c2c1. The zero-order valence-corrected chi connectivity index (χ0v) is 13.2. The zero-order chi connectivity index (χ0) is 18.9. The second kappa shape index (κ2) is 6.64. The van der Waals surface area contributed by atoms with Crippen molar-refractivity contribution >= 4 is 16.7 Å². The fourth-order valence-electron chi connectivity index (χ4n) is 2.65. The molecule has 0 bridgehead atoms. The van der Waals surface area contributed by atoms with Gasteiger partial charge < -0.3 is 4.57 Å². The predicted octanol–water partition coefficient (Wildman–Crippen LogP) is 3.19. The van der Waals surface area contributed by atoms with E-state index in [1.54, 1.807) is 12.1 Å². The molecule has 26 heavy (non-hydrogen) atoms. The Kier molecular flexibility index (Phi) is 4.52. The number of hydroxylamine groups is 1. The van der Waals surface area contributed by atoms with Crippen LogP contribution in [0, 0.1) is 0 Å². The smallest absolute Gasteiger partial charge is 0.311 e. The highest BCUT2D eigenvalue weighted by Gasteiger charge is 2.30. The lowest BCUT2D eigenvalue weighted by Gasteiger charge is -2.11. The lowest BCUT2D eigenvalue weighted by molar-refractivity contribution is -0.137. The number of hydrogen-bond acceptors (Lipinski definition) is 3. The summed E-state index contributed by atoms with van der Waals surface area (Å²) in [6.07, 6.45) is -2.98. The molecule has 1 heterocycles. The van der Waals surface area contributed by atoms with Gasteiger partial charge in [-0.25, -0.2) is 5.48 Å². The standard InChI is InChI=1S/C18H13F3N2O3/c19-18(20,21)14-3-1-2-11(8-14)10-23-7-6-12-4-5-13(16(24)22-26)9-15(12)17(23)25/h1-9,26H,10H2,(H,22,24). The van der Waals surface area contributed by atoms with Gasteiger partial charge in [0.1, 0.15) is 0 Å². The maximum Gasteiger partial charge on any atom is 0.416 e. The predicted molar refractivity (Wildman–Crippen MR) is 88.0 cm³/mol. The monoisotopic (exact) mass is 362 g/mol. The van der Waals surface area contributed by atoms with Crippen LogP contribution < -0.4 is 11.0 Å². The molecule has 0 saturated carbocycles. The highest BCUT2D eigenvalue weighted by molar-refractivity contribution is 5.97. The second-order valence-electron chi connectivity index (χ2n) is 5.69. The summed E-state index contributed by atoms with van der Waals surface area (Å²) in [4.78, 5) is 24.1. The van der Waals surface area contributed by atoms with E-state index in [0.717, 1.165) is 12.1 Å². The number of benzene rings is 2. The number of hydrogen-bond donors (Lipinski definition) is 2. The largest absolute Gasteiger partial charge is 0.416 e. The number of rotatable bonds is 3. The Morgan fingerprint density at radius 1 is 1.12 bits per heavy atom. The molecule has 0 radical (unpaired) electrons. The zero-order valence-electron chi connectivity index (χ0n) is 13.2. The molecule has 2 aromatic carbocycles. The molecule has 3 aromatic rings. The van der Waals surface area contributed by atoms with Gasteiger partial charge in [-0.15, -0.1) is 0 Å². The molecule has 5 nitrogen and oxygen atoms in total. The van der Waals surface area contributed by atoms with Crippen molar-refractivity contribution in [3.63, 3.8) is 0 Å². The topological polar surface area (TPSA) is 71.3 Å². The third-order valence-electron chi connectivity index (χ3n) is 3.95. The molecular formula is C18H13F3N2O3. The first-order valence-electron chi connectivity index (χ1n) is 7.53. The van der Waals surface area contributed by atoms with E-state index in [9.17, 15) is 22.8 Å². The number of halogens is 3. The van der Waals surface area contributed by atoms with E-state index in [0.29, 0.717) is 10.9 Å². The molecule has 1 amide bonds. The first-order valence-corrected chi connectivity index (χ1v) is 7.53. The maximum absolute atomic E-state index is 12.8. The minimum absolute atomic E-state index is 0.0465. The molecule has 0 spiro atoms. The average Bonchev–Trinajstić information content (AvgIpc) is 2.63.